The van der Waals surface area contributed by atoms with E-state index in [-0.39, 0.29) is 11.2 Å². The molecule has 88 valence electrons. The third-order valence-electron chi connectivity index (χ3n) is 2.91. The van der Waals surface area contributed by atoms with Crippen LogP contribution in [0.5, 0.6) is 0 Å². The zero-order valence-electron chi connectivity index (χ0n) is 10.6. The SMILES string of the molecule is CC1(C)CC2(C)OC(C)(C)CC(C)(O1)O2. The van der Waals surface area contributed by atoms with E-state index in [1.807, 2.05) is 13.8 Å². The highest BCUT2D eigenvalue weighted by molar-refractivity contribution is 4.95. The Morgan fingerprint density at radius 3 is 1.27 bits per heavy atom. The summed E-state index contributed by atoms with van der Waals surface area (Å²) in [7, 11) is 0. The predicted molar refractivity (Wildman–Crippen MR) is 57.5 cm³/mol. The molecule has 2 saturated heterocycles. The number of fused-ring (bicyclic) bond motifs is 2. The fourth-order valence-corrected chi connectivity index (χ4v) is 3.43. The van der Waals surface area contributed by atoms with Crippen LogP contribution in [0, 0.1) is 0 Å². The zero-order chi connectivity index (χ0) is 11.5. The van der Waals surface area contributed by atoms with Crippen molar-refractivity contribution in [3.8, 4) is 0 Å². The Morgan fingerprint density at radius 1 is 0.600 bits per heavy atom. The molecule has 2 fully saturated rings. The van der Waals surface area contributed by atoms with Gasteiger partial charge in [-0.1, -0.05) is 0 Å². The molecule has 3 heteroatoms. The van der Waals surface area contributed by atoms with E-state index in [0.717, 1.165) is 12.8 Å². The summed E-state index contributed by atoms with van der Waals surface area (Å²) in [5, 5.41) is 0. The largest absolute Gasteiger partial charge is 0.344 e. The van der Waals surface area contributed by atoms with Crippen molar-refractivity contribution in [1.29, 1.82) is 0 Å². The lowest BCUT2D eigenvalue weighted by Gasteiger charge is -2.58. The Morgan fingerprint density at radius 2 is 0.933 bits per heavy atom. The second-order valence-electron chi connectivity index (χ2n) is 6.45. The molecule has 0 spiro atoms. The van der Waals surface area contributed by atoms with Gasteiger partial charge in [-0.25, -0.2) is 0 Å². The van der Waals surface area contributed by atoms with Crippen LogP contribution in [-0.4, -0.2) is 22.8 Å². The lowest BCUT2D eigenvalue weighted by atomic mass is 9.88. The van der Waals surface area contributed by atoms with Crippen molar-refractivity contribution in [3.05, 3.63) is 0 Å². The predicted octanol–water partition coefficient (Wildman–Crippen LogP) is 2.83. The summed E-state index contributed by atoms with van der Waals surface area (Å²) in [6.45, 7) is 12.4. The second kappa shape index (κ2) is 2.76. The molecule has 0 aromatic carbocycles. The maximum atomic E-state index is 6.03. The third-order valence-corrected chi connectivity index (χ3v) is 2.91. The van der Waals surface area contributed by atoms with Gasteiger partial charge in [-0.15, -0.1) is 0 Å². The molecule has 2 unspecified atom stereocenters. The fourth-order valence-electron chi connectivity index (χ4n) is 3.43. The van der Waals surface area contributed by atoms with E-state index in [1.54, 1.807) is 0 Å². The zero-order valence-corrected chi connectivity index (χ0v) is 10.6. The lowest BCUT2D eigenvalue weighted by molar-refractivity contribution is -0.473. The second-order valence-corrected chi connectivity index (χ2v) is 6.45. The molecule has 2 rings (SSSR count). The molecule has 2 heterocycles. The molecule has 0 radical (unpaired) electrons. The van der Waals surface area contributed by atoms with Crippen LogP contribution in [0.15, 0.2) is 0 Å². The van der Waals surface area contributed by atoms with Crippen molar-refractivity contribution in [2.24, 2.45) is 0 Å². The van der Waals surface area contributed by atoms with Gasteiger partial charge in [0.2, 0.25) is 0 Å². The molecule has 2 aliphatic heterocycles. The van der Waals surface area contributed by atoms with E-state index < -0.39 is 11.6 Å². The van der Waals surface area contributed by atoms with Crippen LogP contribution in [0.1, 0.15) is 54.4 Å². The molecule has 0 aliphatic carbocycles. The Kier molecular flexibility index (Phi) is 2.09. The Labute approximate surface area is 92.1 Å². The number of hydrogen-bond acceptors (Lipinski definition) is 3. The minimum absolute atomic E-state index is 0.182. The molecule has 0 aromatic rings. The van der Waals surface area contributed by atoms with Crippen molar-refractivity contribution in [1.82, 2.24) is 0 Å². The summed E-state index contributed by atoms with van der Waals surface area (Å²) >= 11 is 0. The van der Waals surface area contributed by atoms with Gasteiger partial charge in [0.15, 0.2) is 11.6 Å². The molecule has 2 bridgehead atoms. The van der Waals surface area contributed by atoms with Gasteiger partial charge in [0.1, 0.15) is 0 Å². The van der Waals surface area contributed by atoms with Crippen molar-refractivity contribution in [2.45, 2.75) is 77.2 Å². The van der Waals surface area contributed by atoms with Crippen LogP contribution >= 0.6 is 0 Å². The van der Waals surface area contributed by atoms with Crippen LogP contribution in [0.2, 0.25) is 0 Å². The Balaban J connectivity index is 2.33. The topological polar surface area (TPSA) is 27.7 Å². The molecule has 0 N–H and O–H groups in total. The van der Waals surface area contributed by atoms with E-state index in [0.29, 0.717) is 0 Å². The van der Waals surface area contributed by atoms with Gasteiger partial charge in [0.25, 0.3) is 0 Å². The number of ether oxygens (including phenoxy) is 3. The molecule has 3 nitrogen and oxygen atoms in total. The van der Waals surface area contributed by atoms with Crippen molar-refractivity contribution < 1.29 is 14.2 Å². The fraction of sp³-hybridized carbons (Fsp3) is 1.00. The highest BCUT2D eigenvalue weighted by Crippen LogP contribution is 2.49. The minimum atomic E-state index is -0.516. The third kappa shape index (κ3) is 2.19. The summed E-state index contributed by atoms with van der Waals surface area (Å²) in [5.74, 6) is -1.03. The summed E-state index contributed by atoms with van der Waals surface area (Å²) in [5.41, 5.74) is -0.365. The molecule has 0 aromatic heterocycles. The molecule has 15 heavy (non-hydrogen) atoms. The average Bonchev–Trinajstić information content (AvgIpc) is 1.67. The van der Waals surface area contributed by atoms with Gasteiger partial charge in [0.05, 0.1) is 11.2 Å². The van der Waals surface area contributed by atoms with Crippen LogP contribution in [0.4, 0.5) is 0 Å². The van der Waals surface area contributed by atoms with E-state index in [1.165, 1.54) is 0 Å². The van der Waals surface area contributed by atoms with Crippen LogP contribution in [-0.2, 0) is 14.2 Å². The first-order valence-electron chi connectivity index (χ1n) is 5.64. The molecule has 2 atom stereocenters. The van der Waals surface area contributed by atoms with Gasteiger partial charge < -0.3 is 14.2 Å². The summed E-state index contributed by atoms with van der Waals surface area (Å²) in [4.78, 5) is 0. The van der Waals surface area contributed by atoms with Crippen LogP contribution in [0.3, 0.4) is 0 Å². The van der Waals surface area contributed by atoms with Gasteiger partial charge in [-0.2, -0.15) is 0 Å². The molecular formula is C12H22O3. The first kappa shape index (κ1) is 11.4. The monoisotopic (exact) mass is 214 g/mol. The number of rotatable bonds is 0. The van der Waals surface area contributed by atoms with Crippen molar-refractivity contribution >= 4 is 0 Å². The highest BCUT2D eigenvalue weighted by Gasteiger charge is 2.57. The molecule has 0 saturated carbocycles. The van der Waals surface area contributed by atoms with E-state index in [9.17, 15) is 0 Å². The maximum absolute atomic E-state index is 6.03. The normalized spacial score (nSPS) is 47.6. The maximum Gasteiger partial charge on any atom is 0.172 e. The molecular weight excluding hydrogens is 192 g/mol. The van der Waals surface area contributed by atoms with Crippen molar-refractivity contribution in [3.63, 3.8) is 0 Å². The van der Waals surface area contributed by atoms with E-state index in [4.69, 9.17) is 14.2 Å². The average molecular weight is 214 g/mol. The Hall–Kier alpha value is -0.120. The summed E-state index contributed by atoms with van der Waals surface area (Å²) in [6, 6.07) is 0. The first-order chi connectivity index (χ1) is 6.54. The quantitative estimate of drug-likeness (QED) is 0.620. The van der Waals surface area contributed by atoms with E-state index in [2.05, 4.69) is 27.7 Å². The smallest absolute Gasteiger partial charge is 0.172 e. The van der Waals surface area contributed by atoms with Crippen molar-refractivity contribution in [2.75, 3.05) is 0 Å². The van der Waals surface area contributed by atoms with Gasteiger partial charge in [-0.05, 0) is 41.5 Å². The minimum Gasteiger partial charge on any atom is -0.344 e. The van der Waals surface area contributed by atoms with Crippen LogP contribution < -0.4 is 0 Å². The van der Waals surface area contributed by atoms with Gasteiger partial charge >= 0.3 is 0 Å². The number of hydrogen-bond donors (Lipinski definition) is 0. The molecule has 0 amide bonds. The van der Waals surface area contributed by atoms with E-state index >= 15 is 0 Å². The van der Waals surface area contributed by atoms with Gasteiger partial charge in [-0.3, -0.25) is 0 Å². The standard InChI is InChI=1S/C12H22O3/c1-9(2)7-11(5)14-10(3,4)8-12(6,13-9)15-11/h7-8H2,1-6H3. The highest BCUT2D eigenvalue weighted by atomic mass is 16.8. The van der Waals surface area contributed by atoms with Gasteiger partial charge in [0, 0.05) is 12.8 Å². The first-order valence-corrected chi connectivity index (χ1v) is 5.64. The van der Waals surface area contributed by atoms with Crippen LogP contribution in [0.25, 0.3) is 0 Å². The Bertz CT molecular complexity index is 226. The molecule has 2 aliphatic rings. The summed E-state index contributed by atoms with van der Waals surface area (Å²) < 4.78 is 18.0. The lowest BCUT2D eigenvalue weighted by Crippen LogP contribution is -2.65. The summed E-state index contributed by atoms with van der Waals surface area (Å²) in [6.07, 6.45) is 1.53.